The normalized spacial score (nSPS) is 55.5. The molecule has 2 unspecified atom stereocenters. The molecule has 4 aliphatic carbocycles. The van der Waals surface area contributed by atoms with Gasteiger partial charge in [0.1, 0.15) is 24.9 Å². The van der Waals surface area contributed by atoms with Gasteiger partial charge in [0.2, 0.25) is 0 Å². The van der Waals surface area contributed by atoms with Crippen molar-refractivity contribution in [2.24, 2.45) is 34.5 Å². The molecule has 14 nitrogen and oxygen atoms in total. The zero-order valence-corrected chi connectivity index (χ0v) is 32.9. The van der Waals surface area contributed by atoms with Crippen molar-refractivity contribution in [1.29, 1.82) is 0 Å². The average molecular weight is 781 g/mol. The molecule has 0 amide bonds. The lowest BCUT2D eigenvalue weighted by molar-refractivity contribution is -0.336. The maximum atomic E-state index is 12.6. The number of hydrogen-bond acceptors (Lipinski definition) is 14. The highest BCUT2D eigenvalue weighted by atomic mass is 16.7. The predicted molar refractivity (Wildman–Crippen MR) is 193 cm³/mol. The number of carbonyl (C=O) groups excluding carboxylic acids is 1. The summed E-state index contributed by atoms with van der Waals surface area (Å²) in [5, 5.41) is 66.9. The molecule has 8 rings (SSSR count). The number of ether oxygens (including phenoxy) is 7. The third-order valence-electron chi connectivity index (χ3n) is 16.0. The van der Waals surface area contributed by atoms with Gasteiger partial charge in [-0.2, -0.15) is 0 Å². The molecule has 0 aromatic rings. The molecule has 55 heavy (non-hydrogen) atoms. The van der Waals surface area contributed by atoms with Crippen LogP contribution in [0.2, 0.25) is 0 Å². The van der Waals surface area contributed by atoms with Crippen LogP contribution in [0, 0.1) is 34.5 Å². The van der Waals surface area contributed by atoms with E-state index in [9.17, 15) is 35.4 Å². The number of hydrogen-bond donors (Lipinski definition) is 6. The molecule has 0 aromatic heterocycles. The van der Waals surface area contributed by atoms with Crippen LogP contribution < -0.4 is 0 Å². The van der Waals surface area contributed by atoms with Crippen LogP contribution >= 0.6 is 0 Å². The molecule has 0 bridgehead atoms. The SMILES string of the molecule is C[C@H]1O[C@@H](O[C@H]2[C@@H](O)C[C@H](O[C@H]3CC[C@@]4(C)[C@H](CC[C@@H]5[C@@H]4C[C@@H](O)[C@]4(C)[C@@H](C6=CC(=O)OC6)CC[C@]54O)C3)O[C@@H]2C)C[C@H](O)C1OC1C[C@H](O)[C@H](O)[C@@H](C)O1. The van der Waals surface area contributed by atoms with Gasteiger partial charge >= 0.3 is 5.97 Å². The summed E-state index contributed by atoms with van der Waals surface area (Å²) < 4.78 is 42.1. The van der Waals surface area contributed by atoms with Crippen LogP contribution in [-0.2, 0) is 38.0 Å². The molecule has 0 spiro atoms. The Morgan fingerprint density at radius 2 is 1.29 bits per heavy atom. The third-order valence-corrected chi connectivity index (χ3v) is 16.0. The molecule has 4 aliphatic heterocycles. The van der Waals surface area contributed by atoms with E-state index in [-0.39, 0.29) is 61.1 Å². The highest BCUT2D eigenvalue weighted by Crippen LogP contribution is 2.70. The van der Waals surface area contributed by atoms with Crippen molar-refractivity contribution >= 4 is 5.97 Å². The van der Waals surface area contributed by atoms with Gasteiger partial charge in [-0.1, -0.05) is 13.8 Å². The van der Waals surface area contributed by atoms with Crippen molar-refractivity contribution < 1.29 is 68.6 Å². The Kier molecular flexibility index (Phi) is 11.1. The quantitative estimate of drug-likeness (QED) is 0.162. The topological polar surface area (TPSA) is 203 Å². The molecule has 7 fully saturated rings. The summed E-state index contributed by atoms with van der Waals surface area (Å²) in [6.07, 6.45) is -1.51. The number of fused-ring (bicyclic) bond motifs is 5. The van der Waals surface area contributed by atoms with E-state index >= 15 is 0 Å². The maximum absolute atomic E-state index is 12.6. The van der Waals surface area contributed by atoms with Crippen molar-refractivity contribution in [3.8, 4) is 0 Å². The van der Waals surface area contributed by atoms with Gasteiger partial charge in [0, 0.05) is 30.8 Å². The number of carbonyl (C=O) groups is 1. The minimum Gasteiger partial charge on any atom is -0.458 e. The summed E-state index contributed by atoms with van der Waals surface area (Å²) in [6.45, 7) is 9.90. The van der Waals surface area contributed by atoms with E-state index in [4.69, 9.17) is 33.2 Å². The monoisotopic (exact) mass is 780 g/mol. The predicted octanol–water partition coefficient (Wildman–Crippen LogP) is 2.22. The Hall–Kier alpha value is -1.27. The van der Waals surface area contributed by atoms with Gasteiger partial charge in [-0.15, -0.1) is 0 Å². The first-order valence-corrected chi connectivity index (χ1v) is 20.9. The molecule has 14 heteroatoms. The van der Waals surface area contributed by atoms with Crippen molar-refractivity contribution in [2.45, 2.75) is 197 Å². The lowest BCUT2D eigenvalue weighted by Gasteiger charge is -2.65. The summed E-state index contributed by atoms with van der Waals surface area (Å²) in [5.41, 5.74) is -0.892. The zero-order valence-electron chi connectivity index (χ0n) is 32.9. The second-order valence-corrected chi connectivity index (χ2v) is 18.8. The van der Waals surface area contributed by atoms with E-state index < -0.39 is 90.9 Å². The molecule has 21 atom stereocenters. The fraction of sp³-hybridized carbons (Fsp3) is 0.927. The van der Waals surface area contributed by atoms with E-state index in [0.717, 1.165) is 44.1 Å². The van der Waals surface area contributed by atoms with Gasteiger partial charge in [0.05, 0.1) is 54.4 Å². The molecule has 3 saturated heterocycles. The first-order chi connectivity index (χ1) is 26.0. The molecular weight excluding hydrogens is 716 g/mol. The van der Waals surface area contributed by atoms with E-state index in [0.29, 0.717) is 18.8 Å². The molecule has 0 aromatic carbocycles. The number of esters is 1. The van der Waals surface area contributed by atoms with E-state index in [1.54, 1.807) is 19.9 Å². The number of aliphatic hydroxyl groups is 6. The van der Waals surface area contributed by atoms with Gasteiger partial charge in [-0.05, 0) is 107 Å². The lowest BCUT2D eigenvalue weighted by atomic mass is 9.42. The van der Waals surface area contributed by atoms with Crippen LogP contribution in [-0.4, -0.2) is 135 Å². The highest BCUT2D eigenvalue weighted by Gasteiger charge is 2.71. The van der Waals surface area contributed by atoms with Gasteiger partial charge in [0.25, 0.3) is 0 Å². The summed E-state index contributed by atoms with van der Waals surface area (Å²) in [5.74, 6) is 0.204. The fourth-order valence-corrected chi connectivity index (χ4v) is 12.8. The summed E-state index contributed by atoms with van der Waals surface area (Å²) in [4.78, 5) is 11.9. The fourth-order valence-electron chi connectivity index (χ4n) is 12.8. The second kappa shape index (κ2) is 15.1. The number of cyclic esters (lactones) is 1. The minimum absolute atomic E-state index is 0.0452. The van der Waals surface area contributed by atoms with Crippen LogP contribution in [0.25, 0.3) is 0 Å². The van der Waals surface area contributed by atoms with Crippen molar-refractivity contribution in [2.75, 3.05) is 6.61 Å². The van der Waals surface area contributed by atoms with Crippen LogP contribution in [0.15, 0.2) is 11.6 Å². The van der Waals surface area contributed by atoms with Crippen LogP contribution in [0.4, 0.5) is 0 Å². The summed E-state index contributed by atoms with van der Waals surface area (Å²) in [7, 11) is 0. The van der Waals surface area contributed by atoms with Crippen molar-refractivity contribution in [3.63, 3.8) is 0 Å². The van der Waals surface area contributed by atoms with Crippen LogP contribution in [0.3, 0.4) is 0 Å². The van der Waals surface area contributed by atoms with Crippen molar-refractivity contribution in [1.82, 2.24) is 0 Å². The summed E-state index contributed by atoms with van der Waals surface area (Å²) in [6, 6.07) is 0. The average Bonchev–Trinajstić information content (AvgIpc) is 3.67. The Labute approximate surface area is 323 Å². The largest absolute Gasteiger partial charge is 0.458 e. The van der Waals surface area contributed by atoms with E-state index in [2.05, 4.69) is 6.92 Å². The number of aliphatic hydroxyl groups excluding tert-OH is 5. The van der Waals surface area contributed by atoms with Gasteiger partial charge in [-0.25, -0.2) is 4.79 Å². The molecule has 8 aliphatic rings. The third kappa shape index (κ3) is 6.95. The number of rotatable bonds is 7. The van der Waals surface area contributed by atoms with Crippen LogP contribution in [0.1, 0.15) is 105 Å². The minimum atomic E-state index is -1.01. The van der Waals surface area contributed by atoms with Gasteiger partial charge < -0.3 is 63.8 Å². The van der Waals surface area contributed by atoms with E-state index in [1.165, 1.54) is 0 Å². The van der Waals surface area contributed by atoms with Crippen LogP contribution in [0.5, 0.6) is 0 Å². The molecule has 4 saturated carbocycles. The molecule has 6 N–H and O–H groups in total. The molecule has 312 valence electrons. The first-order valence-electron chi connectivity index (χ1n) is 20.9. The highest BCUT2D eigenvalue weighted by molar-refractivity contribution is 5.85. The lowest BCUT2D eigenvalue weighted by Crippen LogP contribution is -2.67. The van der Waals surface area contributed by atoms with Crippen molar-refractivity contribution in [3.05, 3.63) is 11.6 Å². The molecule has 0 radical (unpaired) electrons. The molecular formula is C41H64O14. The van der Waals surface area contributed by atoms with Gasteiger partial charge in [0.15, 0.2) is 18.9 Å². The maximum Gasteiger partial charge on any atom is 0.331 e. The Morgan fingerprint density at radius 1 is 0.691 bits per heavy atom. The molecule has 4 heterocycles. The Bertz CT molecular complexity index is 1410. The van der Waals surface area contributed by atoms with Gasteiger partial charge in [-0.3, -0.25) is 0 Å². The smallest absolute Gasteiger partial charge is 0.331 e. The Morgan fingerprint density at radius 3 is 1.87 bits per heavy atom. The first kappa shape index (κ1) is 40.5. The standard InChI is InChI=1S/C41H64O14/c1-19-36(47)28(42)15-34(50-19)54-38-21(3)52-35(17-30(38)44)55-37-20(2)51-33(16-29(37)43)53-24-8-10-39(4)23(13-24)6-7-26-27(39)14-31(45)40(5)25(9-11-41(26,40)48)22-12-32(46)49-18-22/h12,19-21,23-31,33-38,42-45,47-48H,6-11,13-18H2,1-5H3/t19-,20-,21-,23-,24+,25-,26-,27+,28+,29+,30+,31-,33+,34?,35+,36-,37-,38?,39+,40+,41+/m1/s1. The summed E-state index contributed by atoms with van der Waals surface area (Å²) >= 11 is 0. The zero-order chi connectivity index (χ0) is 39.2. The van der Waals surface area contributed by atoms with E-state index in [1.807, 2.05) is 13.8 Å². The Balaban J connectivity index is 0.837. The second-order valence-electron chi connectivity index (χ2n) is 18.8.